The molecule has 0 radical (unpaired) electrons. The van der Waals surface area contributed by atoms with E-state index < -0.39 is 28.5 Å². The second-order valence-electron chi connectivity index (χ2n) is 6.89. The minimum Gasteiger partial charge on any atom is -0.748 e. The van der Waals surface area contributed by atoms with Gasteiger partial charge in [-0.1, -0.05) is 72.8 Å². The van der Waals surface area contributed by atoms with Crippen molar-refractivity contribution >= 4 is 33.4 Å². The van der Waals surface area contributed by atoms with Crippen LogP contribution in [0.1, 0.15) is 27.0 Å². The zero-order chi connectivity index (χ0) is 21.2. The predicted octanol–water partition coefficient (Wildman–Crippen LogP) is 3.50. The van der Waals surface area contributed by atoms with Crippen molar-refractivity contribution in [3.8, 4) is 0 Å². The number of carbonyl (C=O) groups excluding carboxylic acids is 1. The van der Waals surface area contributed by atoms with Gasteiger partial charge >= 0.3 is 0 Å². The van der Waals surface area contributed by atoms with Crippen molar-refractivity contribution in [2.45, 2.75) is 19.6 Å². The summed E-state index contributed by atoms with van der Waals surface area (Å²) in [5.41, 5.74) is 1.05. The molecular formula is C22H20O5PS-. The van der Waals surface area contributed by atoms with Gasteiger partial charge < -0.3 is 9.12 Å². The van der Waals surface area contributed by atoms with Crippen LogP contribution in [0.15, 0.2) is 72.8 Å². The number of carbonyl (C=O) groups is 1. The summed E-state index contributed by atoms with van der Waals surface area (Å²) >= 11 is 0. The molecule has 7 heteroatoms. The molecule has 0 bridgehead atoms. The van der Waals surface area contributed by atoms with Crippen LogP contribution in [0.2, 0.25) is 0 Å². The molecule has 0 atom stereocenters. The Hall–Kier alpha value is -2.53. The van der Waals surface area contributed by atoms with Crippen LogP contribution in [0, 0.1) is 13.8 Å². The molecule has 0 aromatic heterocycles. The van der Waals surface area contributed by atoms with Gasteiger partial charge in [-0.05, 0) is 30.5 Å². The van der Waals surface area contributed by atoms with Gasteiger partial charge in [-0.15, -0.1) is 0 Å². The highest BCUT2D eigenvalue weighted by Gasteiger charge is 2.37. The first-order valence-corrected chi connectivity index (χ1v) is 12.2. The van der Waals surface area contributed by atoms with Crippen LogP contribution in [0.3, 0.4) is 0 Å². The summed E-state index contributed by atoms with van der Waals surface area (Å²) in [6.45, 7) is 3.31. The van der Waals surface area contributed by atoms with E-state index in [0.29, 0.717) is 27.3 Å². The average molecular weight is 427 g/mol. The van der Waals surface area contributed by atoms with E-state index in [1.807, 2.05) is 0 Å². The smallest absolute Gasteiger partial charge is 0.230 e. The van der Waals surface area contributed by atoms with Crippen LogP contribution in [-0.4, -0.2) is 18.5 Å². The lowest BCUT2D eigenvalue weighted by atomic mass is 10.0. The number of benzene rings is 3. The van der Waals surface area contributed by atoms with Crippen LogP contribution >= 0.6 is 7.14 Å². The molecule has 0 fully saturated rings. The molecule has 0 saturated heterocycles. The number of rotatable bonds is 6. The molecule has 3 rings (SSSR count). The van der Waals surface area contributed by atoms with Crippen molar-refractivity contribution in [1.82, 2.24) is 0 Å². The van der Waals surface area contributed by atoms with E-state index in [1.165, 1.54) is 12.1 Å². The van der Waals surface area contributed by atoms with E-state index in [4.69, 9.17) is 0 Å². The molecule has 0 aliphatic rings. The van der Waals surface area contributed by atoms with Crippen molar-refractivity contribution in [2.24, 2.45) is 0 Å². The lowest BCUT2D eigenvalue weighted by molar-refractivity contribution is 0.107. The molecule has 3 aromatic carbocycles. The quantitative estimate of drug-likeness (QED) is 0.444. The number of aryl methyl sites for hydroxylation is 2. The molecule has 3 aromatic rings. The SMILES string of the molecule is Cc1cc(CS(=O)(=O)[O-])cc(C)c1C(=O)P(=O)(c1ccccc1)c1ccccc1. The van der Waals surface area contributed by atoms with Gasteiger partial charge in [0.1, 0.15) is 0 Å². The molecule has 150 valence electrons. The molecule has 0 amide bonds. The molecule has 0 N–H and O–H groups in total. The van der Waals surface area contributed by atoms with Gasteiger partial charge in [0.2, 0.25) is 12.7 Å². The summed E-state index contributed by atoms with van der Waals surface area (Å²) in [6, 6.07) is 20.2. The van der Waals surface area contributed by atoms with Crippen LogP contribution < -0.4 is 10.6 Å². The minimum atomic E-state index is -4.45. The highest BCUT2D eigenvalue weighted by atomic mass is 32.2. The average Bonchev–Trinajstić information content (AvgIpc) is 2.66. The van der Waals surface area contributed by atoms with E-state index in [0.717, 1.165) is 0 Å². The number of hydrogen-bond donors (Lipinski definition) is 0. The normalized spacial score (nSPS) is 12.0. The van der Waals surface area contributed by atoms with Crippen LogP contribution in [-0.2, 0) is 20.4 Å². The fraction of sp³-hybridized carbons (Fsp3) is 0.136. The lowest BCUT2D eigenvalue weighted by Gasteiger charge is -2.21. The zero-order valence-electron chi connectivity index (χ0n) is 16.0. The Balaban J connectivity index is 2.19. The predicted molar refractivity (Wildman–Crippen MR) is 113 cm³/mol. The second-order valence-corrected chi connectivity index (χ2v) is 11.0. The molecule has 0 spiro atoms. The third kappa shape index (κ3) is 4.40. The summed E-state index contributed by atoms with van der Waals surface area (Å²) in [5, 5.41) is 0.863. The third-order valence-corrected chi connectivity index (χ3v) is 8.21. The molecule has 0 aliphatic carbocycles. The van der Waals surface area contributed by atoms with E-state index >= 15 is 0 Å². The topological polar surface area (TPSA) is 91.3 Å². The Morgan fingerprint density at radius 3 is 1.66 bits per heavy atom. The molecule has 0 heterocycles. The van der Waals surface area contributed by atoms with E-state index in [9.17, 15) is 22.3 Å². The van der Waals surface area contributed by atoms with Crippen molar-refractivity contribution in [2.75, 3.05) is 0 Å². The standard InChI is InChI=1S/C22H21O5PS/c1-16-13-18(15-29(25,26)27)14-17(2)21(16)22(23)28(24,19-9-5-3-6-10-19)20-11-7-4-8-12-20/h3-14H,15H2,1-2H3,(H,25,26,27)/p-1. The van der Waals surface area contributed by atoms with Gasteiger partial charge in [0, 0.05) is 16.2 Å². The van der Waals surface area contributed by atoms with Gasteiger partial charge in [-0.3, -0.25) is 4.79 Å². The van der Waals surface area contributed by atoms with Gasteiger partial charge in [-0.25, -0.2) is 8.42 Å². The maximum Gasteiger partial charge on any atom is 0.230 e. The zero-order valence-corrected chi connectivity index (χ0v) is 17.7. The first-order chi connectivity index (χ1) is 13.6. The van der Waals surface area contributed by atoms with Crippen molar-refractivity contribution < 1.29 is 22.3 Å². The maximum atomic E-state index is 14.2. The van der Waals surface area contributed by atoms with Crippen molar-refractivity contribution in [1.29, 1.82) is 0 Å². The van der Waals surface area contributed by atoms with Gasteiger partial charge in [0.15, 0.2) is 0 Å². The first kappa shape index (κ1) is 21.2. The molecular weight excluding hydrogens is 407 g/mol. The Morgan fingerprint density at radius 1 is 0.862 bits per heavy atom. The Bertz CT molecular complexity index is 1140. The third-order valence-electron chi connectivity index (χ3n) is 4.68. The molecule has 29 heavy (non-hydrogen) atoms. The summed E-state index contributed by atoms with van der Waals surface area (Å²) in [7, 11) is -8.11. The van der Waals surface area contributed by atoms with Gasteiger partial charge in [0.25, 0.3) is 0 Å². The van der Waals surface area contributed by atoms with E-state index in [1.54, 1.807) is 74.5 Å². The Morgan fingerprint density at radius 2 is 1.28 bits per heavy atom. The van der Waals surface area contributed by atoms with Gasteiger partial charge in [-0.2, -0.15) is 0 Å². The van der Waals surface area contributed by atoms with Crippen molar-refractivity contribution in [3.63, 3.8) is 0 Å². The Labute approximate surface area is 170 Å². The maximum absolute atomic E-state index is 14.2. The molecule has 0 saturated carbocycles. The monoisotopic (exact) mass is 427 g/mol. The summed E-state index contributed by atoms with van der Waals surface area (Å²) in [4.78, 5) is 13.7. The van der Waals surface area contributed by atoms with E-state index in [2.05, 4.69) is 0 Å². The van der Waals surface area contributed by atoms with Crippen LogP contribution in [0.4, 0.5) is 0 Å². The minimum absolute atomic E-state index is 0.285. The summed E-state index contributed by atoms with van der Waals surface area (Å²) in [6.07, 6.45) is 0. The summed E-state index contributed by atoms with van der Waals surface area (Å²) in [5.74, 6) is -0.655. The van der Waals surface area contributed by atoms with Crippen LogP contribution in [0.25, 0.3) is 0 Å². The number of hydrogen-bond acceptors (Lipinski definition) is 5. The fourth-order valence-corrected chi connectivity index (χ4v) is 6.69. The second kappa shape index (κ2) is 8.07. The van der Waals surface area contributed by atoms with Gasteiger partial charge in [0.05, 0.1) is 15.9 Å². The molecule has 5 nitrogen and oxygen atoms in total. The Kier molecular flexibility index (Phi) is 5.90. The largest absolute Gasteiger partial charge is 0.748 e. The van der Waals surface area contributed by atoms with E-state index in [-0.39, 0.29) is 5.56 Å². The highest BCUT2D eigenvalue weighted by Crippen LogP contribution is 2.47. The summed E-state index contributed by atoms with van der Waals surface area (Å²) < 4.78 is 47.6. The highest BCUT2D eigenvalue weighted by molar-refractivity contribution is 7.93. The van der Waals surface area contributed by atoms with Crippen molar-refractivity contribution in [3.05, 3.63) is 95.1 Å². The lowest BCUT2D eigenvalue weighted by Crippen LogP contribution is -2.23. The molecule has 0 aliphatic heterocycles. The molecule has 0 unspecified atom stereocenters. The first-order valence-electron chi connectivity index (χ1n) is 8.93. The fourth-order valence-electron chi connectivity index (χ4n) is 3.49. The van der Waals surface area contributed by atoms with Crippen LogP contribution in [0.5, 0.6) is 0 Å².